The van der Waals surface area contributed by atoms with Crippen LogP contribution in [0.25, 0.3) is 0 Å². The van der Waals surface area contributed by atoms with E-state index in [1.165, 1.54) is 0 Å². The van der Waals surface area contributed by atoms with Crippen LogP contribution >= 0.6 is 15.9 Å². The van der Waals surface area contributed by atoms with Gasteiger partial charge in [0.15, 0.2) is 0 Å². The number of anilines is 1. The first-order chi connectivity index (χ1) is 8.81. The maximum atomic E-state index is 11.0. The van der Waals surface area contributed by atoms with E-state index in [2.05, 4.69) is 48.5 Å². The van der Waals surface area contributed by atoms with Gasteiger partial charge in [0.2, 0.25) is 0 Å². The van der Waals surface area contributed by atoms with E-state index in [0.29, 0.717) is 17.4 Å². The zero-order chi connectivity index (χ0) is 14.6. The van der Waals surface area contributed by atoms with Crippen molar-refractivity contribution in [2.75, 3.05) is 18.0 Å². The first kappa shape index (κ1) is 16.0. The van der Waals surface area contributed by atoms with Gasteiger partial charge in [-0.3, -0.25) is 0 Å². The molecule has 1 aromatic rings. The third-order valence-corrected chi connectivity index (χ3v) is 3.34. The van der Waals surface area contributed by atoms with Gasteiger partial charge in [0.1, 0.15) is 0 Å². The lowest BCUT2D eigenvalue weighted by Gasteiger charge is -2.29. The summed E-state index contributed by atoms with van der Waals surface area (Å²) in [5.74, 6) is 0.223. The predicted octanol–water partition coefficient (Wildman–Crippen LogP) is 4.27. The number of aromatic carboxylic acids is 1. The van der Waals surface area contributed by atoms with E-state index >= 15 is 0 Å². The van der Waals surface area contributed by atoms with Gasteiger partial charge in [-0.2, -0.15) is 0 Å². The van der Waals surface area contributed by atoms with E-state index < -0.39 is 5.97 Å². The first-order valence-corrected chi connectivity index (χ1v) is 7.38. The number of rotatable bonds is 6. The molecule has 0 aromatic heterocycles. The van der Waals surface area contributed by atoms with Gasteiger partial charge >= 0.3 is 5.97 Å². The van der Waals surface area contributed by atoms with Gasteiger partial charge in [0.25, 0.3) is 0 Å². The summed E-state index contributed by atoms with van der Waals surface area (Å²) in [6, 6.07) is 5.22. The molecule has 0 bridgehead atoms. The Balaban J connectivity index is 3.04. The summed E-state index contributed by atoms with van der Waals surface area (Å²) < 4.78 is 0.841. The topological polar surface area (TPSA) is 40.5 Å². The van der Waals surface area contributed by atoms with Crippen LogP contribution in [0.3, 0.4) is 0 Å². The van der Waals surface area contributed by atoms with Crippen molar-refractivity contribution in [3.05, 3.63) is 28.2 Å². The number of carboxylic acids is 1. The summed E-state index contributed by atoms with van der Waals surface area (Å²) in [5, 5.41) is 9.00. The van der Waals surface area contributed by atoms with E-state index in [1.54, 1.807) is 12.1 Å². The van der Waals surface area contributed by atoms with E-state index in [-0.39, 0.29) is 0 Å². The Morgan fingerprint density at radius 3 is 2.11 bits per heavy atom. The van der Waals surface area contributed by atoms with Crippen molar-refractivity contribution in [1.29, 1.82) is 0 Å². The fourth-order valence-corrected chi connectivity index (χ4v) is 2.68. The maximum absolute atomic E-state index is 11.0. The highest BCUT2D eigenvalue weighted by atomic mass is 79.9. The van der Waals surface area contributed by atoms with Crippen molar-refractivity contribution in [2.24, 2.45) is 11.8 Å². The molecule has 0 heterocycles. The molecule has 0 saturated carbocycles. The summed E-state index contributed by atoms with van der Waals surface area (Å²) in [7, 11) is 0. The second-order valence-electron chi connectivity index (χ2n) is 5.66. The molecule has 3 nitrogen and oxygen atoms in total. The Labute approximate surface area is 123 Å². The number of carbonyl (C=O) groups is 1. The smallest absolute Gasteiger partial charge is 0.335 e. The van der Waals surface area contributed by atoms with Gasteiger partial charge < -0.3 is 10.0 Å². The number of carboxylic acid groups (broad SMARTS) is 1. The van der Waals surface area contributed by atoms with Gasteiger partial charge in [-0.25, -0.2) is 4.79 Å². The Kier molecular flexibility index (Phi) is 5.85. The lowest BCUT2D eigenvalue weighted by Crippen LogP contribution is -2.31. The molecule has 0 atom stereocenters. The average molecular weight is 328 g/mol. The second-order valence-corrected chi connectivity index (χ2v) is 6.52. The third kappa shape index (κ3) is 4.86. The third-order valence-electron chi connectivity index (χ3n) is 2.71. The summed E-state index contributed by atoms with van der Waals surface area (Å²) in [4.78, 5) is 13.3. The molecule has 1 N–H and O–H groups in total. The zero-order valence-corrected chi connectivity index (χ0v) is 13.6. The number of halogens is 1. The summed E-state index contributed by atoms with van der Waals surface area (Å²) in [6.07, 6.45) is 0. The van der Waals surface area contributed by atoms with Gasteiger partial charge in [-0.1, -0.05) is 27.7 Å². The molecule has 106 valence electrons. The van der Waals surface area contributed by atoms with Crippen molar-refractivity contribution >= 4 is 27.6 Å². The van der Waals surface area contributed by atoms with Crippen LogP contribution < -0.4 is 4.90 Å². The number of hydrogen-bond acceptors (Lipinski definition) is 2. The van der Waals surface area contributed by atoms with Gasteiger partial charge in [0.05, 0.1) is 11.3 Å². The number of benzene rings is 1. The van der Waals surface area contributed by atoms with Crippen LogP contribution in [0.2, 0.25) is 0 Å². The molecule has 0 fully saturated rings. The molecule has 0 spiro atoms. The van der Waals surface area contributed by atoms with Crippen LogP contribution in [-0.2, 0) is 0 Å². The van der Waals surface area contributed by atoms with Crippen molar-refractivity contribution < 1.29 is 9.90 Å². The Morgan fingerprint density at radius 1 is 1.21 bits per heavy atom. The van der Waals surface area contributed by atoms with Crippen LogP contribution in [0, 0.1) is 11.8 Å². The predicted molar refractivity (Wildman–Crippen MR) is 83.0 cm³/mol. The van der Waals surface area contributed by atoms with E-state index in [4.69, 9.17) is 5.11 Å². The highest BCUT2D eigenvalue weighted by molar-refractivity contribution is 9.10. The molecule has 0 aliphatic heterocycles. The Bertz CT molecular complexity index is 434. The van der Waals surface area contributed by atoms with Crippen molar-refractivity contribution in [2.45, 2.75) is 27.7 Å². The number of nitrogens with zero attached hydrogens (tertiary/aromatic N) is 1. The first-order valence-electron chi connectivity index (χ1n) is 6.59. The monoisotopic (exact) mass is 327 g/mol. The zero-order valence-electron chi connectivity index (χ0n) is 12.0. The highest BCUT2D eigenvalue weighted by Gasteiger charge is 2.15. The van der Waals surface area contributed by atoms with E-state index in [0.717, 1.165) is 23.2 Å². The van der Waals surface area contributed by atoms with Crippen LogP contribution in [0.4, 0.5) is 5.69 Å². The Morgan fingerprint density at radius 2 is 1.74 bits per heavy atom. The number of hydrogen-bond donors (Lipinski definition) is 1. The normalized spacial score (nSPS) is 11.1. The maximum Gasteiger partial charge on any atom is 0.335 e. The lowest BCUT2D eigenvalue weighted by atomic mass is 10.1. The van der Waals surface area contributed by atoms with E-state index in [9.17, 15) is 4.79 Å². The van der Waals surface area contributed by atoms with Crippen LogP contribution in [0.15, 0.2) is 22.7 Å². The quantitative estimate of drug-likeness (QED) is 0.848. The minimum absolute atomic E-state index is 0.310. The lowest BCUT2D eigenvalue weighted by molar-refractivity contribution is 0.0697. The fraction of sp³-hybridized carbons (Fsp3) is 0.533. The molecule has 0 aliphatic rings. The highest BCUT2D eigenvalue weighted by Crippen LogP contribution is 2.28. The molecule has 0 amide bonds. The van der Waals surface area contributed by atoms with Crippen LogP contribution in [-0.4, -0.2) is 24.2 Å². The fourth-order valence-electron chi connectivity index (χ4n) is 2.05. The van der Waals surface area contributed by atoms with Gasteiger partial charge in [-0.15, -0.1) is 0 Å². The van der Waals surface area contributed by atoms with Gasteiger partial charge in [-0.05, 0) is 46.0 Å². The molecule has 1 rings (SSSR count). The van der Waals surface area contributed by atoms with Crippen molar-refractivity contribution in [1.82, 2.24) is 0 Å². The SMILES string of the molecule is CC(C)CN(CC(C)C)c1ccc(C(=O)O)cc1Br. The van der Waals surface area contributed by atoms with Crippen molar-refractivity contribution in [3.8, 4) is 0 Å². The molecule has 1 aromatic carbocycles. The second kappa shape index (κ2) is 6.94. The Hall–Kier alpha value is -1.03. The average Bonchev–Trinajstić information content (AvgIpc) is 2.26. The molecule has 4 heteroatoms. The largest absolute Gasteiger partial charge is 0.478 e. The molecular weight excluding hydrogens is 306 g/mol. The van der Waals surface area contributed by atoms with E-state index in [1.807, 2.05) is 6.07 Å². The molecule has 19 heavy (non-hydrogen) atoms. The minimum Gasteiger partial charge on any atom is -0.478 e. The summed E-state index contributed by atoms with van der Waals surface area (Å²) in [6.45, 7) is 10.7. The van der Waals surface area contributed by atoms with Gasteiger partial charge in [0, 0.05) is 17.6 Å². The molecule has 0 aliphatic carbocycles. The van der Waals surface area contributed by atoms with Crippen molar-refractivity contribution in [3.63, 3.8) is 0 Å². The standard InChI is InChI=1S/C15H22BrNO2/c1-10(2)8-17(9-11(3)4)14-6-5-12(15(18)19)7-13(14)16/h5-7,10-11H,8-9H2,1-4H3,(H,18,19). The molecule has 0 saturated heterocycles. The molecule has 0 radical (unpaired) electrons. The van der Waals surface area contributed by atoms with Crippen LogP contribution in [0.1, 0.15) is 38.1 Å². The minimum atomic E-state index is -0.897. The van der Waals surface area contributed by atoms with Crippen LogP contribution in [0.5, 0.6) is 0 Å². The summed E-state index contributed by atoms with van der Waals surface area (Å²) in [5.41, 5.74) is 1.37. The molecular formula is C15H22BrNO2. The molecule has 0 unspecified atom stereocenters. The summed E-state index contributed by atoms with van der Waals surface area (Å²) >= 11 is 3.49.